The van der Waals surface area contributed by atoms with Crippen LogP contribution in [0.15, 0.2) is 18.3 Å². The monoisotopic (exact) mass is 374 g/mol. The van der Waals surface area contributed by atoms with E-state index in [1.165, 1.54) is 0 Å². The van der Waals surface area contributed by atoms with E-state index in [0.717, 1.165) is 76.5 Å². The second-order valence-electron chi connectivity index (χ2n) is 8.15. The fourth-order valence-corrected chi connectivity index (χ4v) is 3.59. The van der Waals surface area contributed by atoms with Crippen molar-refractivity contribution in [2.45, 2.75) is 38.2 Å². The lowest BCUT2D eigenvalue weighted by molar-refractivity contribution is 0.0456. The normalized spacial score (nSPS) is 22.4. The molecule has 2 aliphatic heterocycles. The lowest BCUT2D eigenvalue weighted by Gasteiger charge is -2.32. The van der Waals surface area contributed by atoms with E-state index in [1.807, 2.05) is 30.2 Å². The van der Waals surface area contributed by atoms with E-state index in [0.29, 0.717) is 12.5 Å². The molecule has 1 aliphatic carbocycles. The number of carbonyl (C=O) groups excluding carboxylic acids is 1. The van der Waals surface area contributed by atoms with Crippen molar-refractivity contribution in [3.05, 3.63) is 18.3 Å². The van der Waals surface area contributed by atoms with Gasteiger partial charge in [0, 0.05) is 39.3 Å². The van der Waals surface area contributed by atoms with Gasteiger partial charge in [-0.25, -0.2) is 9.78 Å². The smallest absolute Gasteiger partial charge is 0.410 e. The average molecular weight is 374 g/mol. The van der Waals surface area contributed by atoms with Crippen molar-refractivity contribution in [3.8, 4) is 5.75 Å². The highest BCUT2D eigenvalue weighted by molar-refractivity contribution is 5.68. The van der Waals surface area contributed by atoms with Gasteiger partial charge in [-0.05, 0) is 50.7 Å². The zero-order valence-corrected chi connectivity index (χ0v) is 16.2. The Kier molecular flexibility index (Phi) is 5.38. The third-order valence-electron chi connectivity index (χ3n) is 5.81. The number of pyridine rings is 1. The van der Waals surface area contributed by atoms with Gasteiger partial charge in [-0.15, -0.1) is 0 Å². The van der Waals surface area contributed by atoms with Crippen LogP contribution in [0.25, 0.3) is 0 Å². The van der Waals surface area contributed by atoms with E-state index < -0.39 is 0 Å². The second kappa shape index (κ2) is 7.92. The molecule has 1 aromatic rings. The Hall–Kier alpha value is -2.02. The van der Waals surface area contributed by atoms with Crippen molar-refractivity contribution in [1.29, 1.82) is 0 Å². The van der Waals surface area contributed by atoms with Crippen LogP contribution in [0.2, 0.25) is 0 Å². The van der Waals surface area contributed by atoms with Gasteiger partial charge in [0.05, 0.1) is 12.8 Å². The van der Waals surface area contributed by atoms with Crippen LogP contribution in [0.1, 0.15) is 32.6 Å². The molecule has 0 aromatic carbocycles. The molecule has 1 aromatic heterocycles. The predicted octanol–water partition coefficient (Wildman–Crippen LogP) is 2.27. The van der Waals surface area contributed by atoms with Crippen LogP contribution >= 0.6 is 0 Å². The highest BCUT2D eigenvalue weighted by atomic mass is 16.6. The van der Waals surface area contributed by atoms with E-state index in [-0.39, 0.29) is 11.7 Å². The van der Waals surface area contributed by atoms with Crippen molar-refractivity contribution >= 4 is 11.9 Å². The SMILES string of the molecule is CC1(OC(=O)N2CCC(COc3ccc(N4CCNCC4)nc3)CC2)CC1. The Bertz CT molecular complexity index is 633. The maximum atomic E-state index is 12.2. The van der Waals surface area contributed by atoms with Gasteiger partial charge in [0.25, 0.3) is 0 Å². The Morgan fingerprint density at radius 3 is 2.59 bits per heavy atom. The summed E-state index contributed by atoms with van der Waals surface area (Å²) in [5, 5.41) is 3.35. The first-order valence-electron chi connectivity index (χ1n) is 10.1. The minimum Gasteiger partial charge on any atom is -0.492 e. The van der Waals surface area contributed by atoms with E-state index in [2.05, 4.69) is 15.2 Å². The molecular formula is C20H30N4O3. The van der Waals surface area contributed by atoms with Crippen LogP contribution < -0.4 is 15.0 Å². The number of amides is 1. The zero-order valence-electron chi connectivity index (χ0n) is 16.2. The van der Waals surface area contributed by atoms with Gasteiger partial charge in [-0.1, -0.05) is 0 Å². The molecule has 1 saturated carbocycles. The molecule has 1 amide bonds. The molecule has 3 heterocycles. The highest BCUT2D eigenvalue weighted by Gasteiger charge is 2.43. The van der Waals surface area contributed by atoms with Crippen molar-refractivity contribution in [2.24, 2.45) is 5.92 Å². The largest absolute Gasteiger partial charge is 0.492 e. The van der Waals surface area contributed by atoms with Gasteiger partial charge >= 0.3 is 6.09 Å². The number of hydrogen-bond acceptors (Lipinski definition) is 6. The van der Waals surface area contributed by atoms with E-state index in [1.54, 1.807) is 0 Å². The molecule has 4 rings (SSSR count). The average Bonchev–Trinajstić information content (AvgIpc) is 3.44. The van der Waals surface area contributed by atoms with Crippen molar-refractivity contribution in [2.75, 3.05) is 50.8 Å². The molecule has 3 fully saturated rings. The number of carbonyl (C=O) groups is 1. The van der Waals surface area contributed by atoms with Crippen molar-refractivity contribution in [3.63, 3.8) is 0 Å². The number of nitrogens with one attached hydrogen (secondary N) is 1. The number of aromatic nitrogens is 1. The number of nitrogens with zero attached hydrogens (tertiary/aromatic N) is 3. The maximum Gasteiger partial charge on any atom is 0.410 e. The summed E-state index contributed by atoms with van der Waals surface area (Å²) in [5.74, 6) is 2.30. The lowest BCUT2D eigenvalue weighted by Crippen LogP contribution is -2.43. The fourth-order valence-electron chi connectivity index (χ4n) is 3.59. The van der Waals surface area contributed by atoms with Gasteiger partial charge in [0.2, 0.25) is 0 Å². The summed E-state index contributed by atoms with van der Waals surface area (Å²) in [6, 6.07) is 4.05. The third-order valence-corrected chi connectivity index (χ3v) is 5.81. The molecule has 0 unspecified atom stereocenters. The van der Waals surface area contributed by atoms with E-state index in [4.69, 9.17) is 9.47 Å². The van der Waals surface area contributed by atoms with E-state index >= 15 is 0 Å². The Balaban J connectivity index is 1.19. The standard InChI is InChI=1S/C20H30N4O3/c1-20(6-7-20)27-19(25)24-10-4-16(5-11-24)15-26-17-2-3-18(22-14-17)23-12-8-21-9-13-23/h2-3,14,16,21H,4-13,15H2,1H3. The van der Waals surface area contributed by atoms with Crippen LogP contribution in [-0.2, 0) is 4.74 Å². The highest BCUT2D eigenvalue weighted by Crippen LogP contribution is 2.39. The predicted molar refractivity (Wildman–Crippen MR) is 103 cm³/mol. The molecular weight excluding hydrogens is 344 g/mol. The Morgan fingerprint density at radius 1 is 1.22 bits per heavy atom. The van der Waals surface area contributed by atoms with Gasteiger partial charge in [-0.3, -0.25) is 0 Å². The summed E-state index contributed by atoms with van der Waals surface area (Å²) in [7, 11) is 0. The number of piperazine rings is 1. The molecule has 148 valence electrons. The first kappa shape index (κ1) is 18.3. The molecule has 7 nitrogen and oxygen atoms in total. The van der Waals surface area contributed by atoms with Gasteiger partial charge < -0.3 is 24.6 Å². The van der Waals surface area contributed by atoms with Crippen LogP contribution in [0.5, 0.6) is 5.75 Å². The molecule has 0 radical (unpaired) electrons. The molecule has 0 spiro atoms. The molecule has 27 heavy (non-hydrogen) atoms. The third kappa shape index (κ3) is 4.83. The van der Waals surface area contributed by atoms with Crippen molar-refractivity contribution < 1.29 is 14.3 Å². The van der Waals surface area contributed by atoms with Crippen LogP contribution in [0.4, 0.5) is 10.6 Å². The fraction of sp³-hybridized carbons (Fsp3) is 0.700. The number of piperidine rings is 1. The number of hydrogen-bond donors (Lipinski definition) is 1. The second-order valence-corrected chi connectivity index (χ2v) is 8.15. The quantitative estimate of drug-likeness (QED) is 0.853. The zero-order chi connectivity index (χ0) is 18.7. The molecule has 7 heteroatoms. The molecule has 2 saturated heterocycles. The number of ether oxygens (including phenoxy) is 2. The van der Waals surface area contributed by atoms with Crippen LogP contribution in [0, 0.1) is 5.92 Å². The maximum absolute atomic E-state index is 12.2. The minimum absolute atomic E-state index is 0.151. The number of rotatable bonds is 5. The minimum atomic E-state index is -0.194. The van der Waals surface area contributed by atoms with Gasteiger partial charge in [0.15, 0.2) is 0 Å². The topological polar surface area (TPSA) is 66.9 Å². The number of likely N-dealkylation sites (tertiary alicyclic amines) is 1. The summed E-state index contributed by atoms with van der Waals surface area (Å²) >= 11 is 0. The molecule has 3 aliphatic rings. The summed E-state index contributed by atoms with van der Waals surface area (Å²) in [6.07, 6.45) is 5.56. The summed E-state index contributed by atoms with van der Waals surface area (Å²) in [6.45, 7) is 8.19. The van der Waals surface area contributed by atoms with Gasteiger partial charge in [0.1, 0.15) is 17.2 Å². The first-order valence-corrected chi connectivity index (χ1v) is 10.1. The molecule has 0 bridgehead atoms. The van der Waals surface area contributed by atoms with Crippen LogP contribution in [-0.4, -0.2) is 67.5 Å². The number of anilines is 1. The molecule has 0 atom stereocenters. The Morgan fingerprint density at radius 2 is 1.96 bits per heavy atom. The first-order chi connectivity index (χ1) is 13.1. The van der Waals surface area contributed by atoms with E-state index in [9.17, 15) is 4.79 Å². The summed E-state index contributed by atoms with van der Waals surface area (Å²) in [5.41, 5.74) is -0.194. The van der Waals surface area contributed by atoms with Crippen LogP contribution in [0.3, 0.4) is 0 Å². The summed E-state index contributed by atoms with van der Waals surface area (Å²) < 4.78 is 11.5. The Labute approximate surface area is 161 Å². The van der Waals surface area contributed by atoms with Crippen molar-refractivity contribution in [1.82, 2.24) is 15.2 Å². The van der Waals surface area contributed by atoms with Gasteiger partial charge in [-0.2, -0.15) is 0 Å². The molecule has 1 N–H and O–H groups in total. The lowest BCUT2D eigenvalue weighted by atomic mass is 9.98. The summed E-state index contributed by atoms with van der Waals surface area (Å²) in [4.78, 5) is 20.8.